The zero-order chi connectivity index (χ0) is 29.8. The summed E-state index contributed by atoms with van der Waals surface area (Å²) in [5, 5.41) is 0. The molecule has 0 saturated carbocycles. The number of esters is 1. The summed E-state index contributed by atoms with van der Waals surface area (Å²) in [6.45, 7) is 2.49. The first-order valence-electron chi connectivity index (χ1n) is 13.1. The van der Waals surface area contributed by atoms with Gasteiger partial charge in [-0.1, -0.05) is 99.8 Å². The van der Waals surface area contributed by atoms with Crippen LogP contribution in [0.1, 0.15) is 57.2 Å². The molecule has 0 spiro atoms. The van der Waals surface area contributed by atoms with Gasteiger partial charge >= 0.3 is 5.97 Å². The van der Waals surface area contributed by atoms with Gasteiger partial charge < -0.3 is 16.2 Å². The topological polar surface area (TPSA) is 112 Å². The second kappa shape index (κ2) is 15.9. The third-order valence-corrected chi connectivity index (χ3v) is 7.18. The molecule has 0 saturated heterocycles. The van der Waals surface area contributed by atoms with Crippen LogP contribution in [0, 0.1) is 0 Å². The molecule has 4 rings (SSSR count). The predicted octanol–water partition coefficient (Wildman–Crippen LogP) is 7.41. The summed E-state index contributed by atoms with van der Waals surface area (Å²) in [6, 6.07) is 28.5. The summed E-state index contributed by atoms with van der Waals surface area (Å²) in [5.41, 5.74) is 15.7. The van der Waals surface area contributed by atoms with E-state index in [1.807, 2.05) is 37.3 Å². The minimum absolute atomic E-state index is 0.0419. The Morgan fingerprint density at radius 3 is 1.73 bits per heavy atom. The van der Waals surface area contributed by atoms with Crippen LogP contribution in [0.4, 0.5) is 11.4 Å². The first kappa shape index (κ1) is 31.8. The molecule has 6 nitrogen and oxygen atoms in total. The van der Waals surface area contributed by atoms with Crippen molar-refractivity contribution < 1.29 is 19.1 Å². The van der Waals surface area contributed by atoms with Crippen molar-refractivity contribution in [3.63, 3.8) is 0 Å². The number of carbonyl (C=O) groups excluding carboxylic acids is 3. The van der Waals surface area contributed by atoms with Crippen molar-refractivity contribution in [3.8, 4) is 0 Å². The molecule has 0 heterocycles. The van der Waals surface area contributed by atoms with Gasteiger partial charge in [-0.3, -0.25) is 14.4 Å². The third kappa shape index (κ3) is 9.99. The molecule has 41 heavy (non-hydrogen) atoms. The molecule has 0 aromatic heterocycles. The lowest BCUT2D eigenvalue weighted by Gasteiger charge is -2.11. The van der Waals surface area contributed by atoms with E-state index in [9.17, 15) is 14.4 Å². The second-order valence-electron chi connectivity index (χ2n) is 9.31. The summed E-state index contributed by atoms with van der Waals surface area (Å²) in [7, 11) is 0. The summed E-state index contributed by atoms with van der Waals surface area (Å²) in [4.78, 5) is 36.2. The van der Waals surface area contributed by atoms with Crippen LogP contribution in [0.2, 0.25) is 0 Å². The molecule has 0 radical (unpaired) electrons. The van der Waals surface area contributed by atoms with E-state index in [1.165, 1.54) is 0 Å². The molecule has 8 heteroatoms. The molecule has 0 aliphatic heterocycles. The van der Waals surface area contributed by atoms with Crippen LogP contribution in [-0.4, -0.2) is 29.0 Å². The first-order chi connectivity index (χ1) is 19.7. The molecular weight excluding hydrogens is 648 g/mol. The number of rotatable bonds is 10. The Balaban J connectivity index is 0.000000248. The van der Waals surface area contributed by atoms with Crippen molar-refractivity contribution in [3.05, 3.63) is 129 Å². The fourth-order valence-corrected chi connectivity index (χ4v) is 4.77. The maximum atomic E-state index is 12.6. The lowest BCUT2D eigenvalue weighted by molar-refractivity contribution is -0.142. The molecular formula is C33H32Br2N2O4. The lowest BCUT2D eigenvalue weighted by Crippen LogP contribution is -2.20. The highest BCUT2D eigenvalue weighted by atomic mass is 79.9. The molecule has 0 fully saturated rings. The summed E-state index contributed by atoms with van der Waals surface area (Å²) >= 11 is 6.76. The average molecular weight is 680 g/mol. The largest absolute Gasteiger partial charge is 0.465 e. The number of ketones is 2. The van der Waals surface area contributed by atoms with Gasteiger partial charge in [-0.25, -0.2) is 0 Å². The SMILES string of the molecule is CCCCOC(=O)C(Br)Cc1cccc(C(=O)c2cccc(Br)c2)c1.Nc1cccc(C(=O)c2cccc(N)c2)c1. The van der Waals surface area contributed by atoms with Gasteiger partial charge in [0, 0.05) is 38.1 Å². The van der Waals surface area contributed by atoms with Crippen molar-refractivity contribution in [2.75, 3.05) is 18.1 Å². The maximum absolute atomic E-state index is 12.6. The summed E-state index contributed by atoms with van der Waals surface area (Å²) in [6.07, 6.45) is 2.33. The van der Waals surface area contributed by atoms with E-state index in [4.69, 9.17) is 16.2 Å². The highest BCUT2D eigenvalue weighted by Crippen LogP contribution is 2.19. The van der Waals surface area contributed by atoms with Gasteiger partial charge in [0.05, 0.1) is 6.61 Å². The lowest BCUT2D eigenvalue weighted by atomic mass is 10.00. The number of hydrogen-bond acceptors (Lipinski definition) is 6. The van der Waals surface area contributed by atoms with Crippen LogP contribution < -0.4 is 11.5 Å². The maximum Gasteiger partial charge on any atom is 0.320 e. The molecule has 0 amide bonds. The Bertz CT molecular complexity index is 1460. The van der Waals surface area contributed by atoms with Gasteiger partial charge in [-0.05, 0) is 60.9 Å². The molecule has 212 valence electrons. The Morgan fingerprint density at radius 1 is 0.732 bits per heavy atom. The van der Waals surface area contributed by atoms with Crippen LogP contribution in [0.15, 0.2) is 102 Å². The highest BCUT2D eigenvalue weighted by molar-refractivity contribution is 9.10. The number of nitrogen functional groups attached to an aromatic ring is 2. The Morgan fingerprint density at radius 2 is 1.22 bits per heavy atom. The fourth-order valence-electron chi connectivity index (χ4n) is 3.86. The number of benzene rings is 4. The number of carbonyl (C=O) groups is 3. The van der Waals surface area contributed by atoms with Crippen LogP contribution in [0.5, 0.6) is 0 Å². The van der Waals surface area contributed by atoms with E-state index in [-0.39, 0.29) is 17.5 Å². The van der Waals surface area contributed by atoms with E-state index >= 15 is 0 Å². The number of nitrogens with two attached hydrogens (primary N) is 2. The summed E-state index contributed by atoms with van der Waals surface area (Å²) in [5.74, 6) is -0.378. The van der Waals surface area contributed by atoms with Crippen molar-refractivity contribution in [2.24, 2.45) is 0 Å². The number of hydrogen-bond donors (Lipinski definition) is 2. The van der Waals surface area contributed by atoms with Crippen LogP contribution in [-0.2, 0) is 16.0 Å². The van der Waals surface area contributed by atoms with Crippen LogP contribution in [0.25, 0.3) is 0 Å². The minimum atomic E-state index is -0.416. The molecule has 4 aromatic rings. The first-order valence-corrected chi connectivity index (χ1v) is 14.8. The standard InChI is InChI=1S/C20H20Br2O3.C13H12N2O/c1-2-3-10-25-20(24)18(22)12-14-6-4-7-15(11-14)19(23)16-8-5-9-17(21)13-16;14-11-5-1-3-9(7-11)13(16)10-4-2-6-12(15)8-10/h4-9,11,13,18H,2-3,10,12H2,1H3;1-8H,14-15H2. The monoisotopic (exact) mass is 678 g/mol. The number of ether oxygens (including phenoxy) is 1. The van der Waals surface area contributed by atoms with Gasteiger partial charge in [-0.2, -0.15) is 0 Å². The van der Waals surface area contributed by atoms with E-state index in [0.29, 0.717) is 46.7 Å². The Labute approximate surface area is 257 Å². The van der Waals surface area contributed by atoms with Crippen LogP contribution >= 0.6 is 31.9 Å². The van der Waals surface area contributed by atoms with Crippen molar-refractivity contribution in [2.45, 2.75) is 31.0 Å². The number of unbranched alkanes of at least 4 members (excludes halogenated alkanes) is 1. The quantitative estimate of drug-likeness (QED) is 0.0594. The predicted molar refractivity (Wildman–Crippen MR) is 171 cm³/mol. The molecule has 0 aliphatic carbocycles. The Hall–Kier alpha value is -3.75. The van der Waals surface area contributed by atoms with Crippen molar-refractivity contribution >= 4 is 60.8 Å². The van der Waals surface area contributed by atoms with Gasteiger partial charge in [0.2, 0.25) is 0 Å². The smallest absolute Gasteiger partial charge is 0.320 e. The van der Waals surface area contributed by atoms with Crippen molar-refractivity contribution in [1.82, 2.24) is 0 Å². The molecule has 1 unspecified atom stereocenters. The number of anilines is 2. The van der Waals surface area contributed by atoms with E-state index in [2.05, 4.69) is 31.9 Å². The average Bonchev–Trinajstić information content (AvgIpc) is 2.97. The van der Waals surface area contributed by atoms with Gasteiger partial charge in [-0.15, -0.1) is 0 Å². The molecule has 1 atom stereocenters. The van der Waals surface area contributed by atoms with E-state index < -0.39 is 4.83 Å². The highest BCUT2D eigenvalue weighted by Gasteiger charge is 2.18. The number of alkyl halides is 1. The third-order valence-electron chi connectivity index (χ3n) is 5.99. The molecule has 4 aromatic carbocycles. The molecule has 0 bridgehead atoms. The molecule has 0 aliphatic rings. The number of halogens is 2. The van der Waals surface area contributed by atoms with Gasteiger partial charge in [0.25, 0.3) is 0 Å². The fraction of sp³-hybridized carbons (Fsp3) is 0.182. The van der Waals surface area contributed by atoms with E-state index in [1.54, 1.807) is 66.7 Å². The summed E-state index contributed by atoms with van der Waals surface area (Å²) < 4.78 is 6.08. The zero-order valence-electron chi connectivity index (χ0n) is 22.7. The van der Waals surface area contributed by atoms with Gasteiger partial charge in [0.15, 0.2) is 11.6 Å². The second-order valence-corrected chi connectivity index (χ2v) is 11.3. The Kier molecular flexibility index (Phi) is 12.3. The van der Waals surface area contributed by atoms with E-state index in [0.717, 1.165) is 22.9 Å². The van der Waals surface area contributed by atoms with Gasteiger partial charge in [0.1, 0.15) is 4.83 Å². The van der Waals surface area contributed by atoms with Crippen molar-refractivity contribution in [1.29, 1.82) is 0 Å². The minimum Gasteiger partial charge on any atom is -0.465 e. The molecule has 4 N–H and O–H groups in total. The normalized spacial score (nSPS) is 11.1. The zero-order valence-corrected chi connectivity index (χ0v) is 25.9. The van der Waals surface area contributed by atoms with Crippen LogP contribution in [0.3, 0.4) is 0 Å².